The van der Waals surface area contributed by atoms with E-state index in [1.54, 1.807) is 19.1 Å². The molecule has 2 aliphatic carbocycles. The maximum atomic E-state index is 12.7. The topological polar surface area (TPSA) is 72.8 Å². The van der Waals surface area contributed by atoms with Gasteiger partial charge in [0, 0.05) is 0 Å². The maximum Gasteiger partial charge on any atom is 0.310 e. The van der Waals surface area contributed by atoms with Crippen molar-refractivity contribution in [3.8, 4) is 0 Å². The Morgan fingerprint density at radius 1 is 1.08 bits per heavy atom. The van der Waals surface area contributed by atoms with Crippen molar-refractivity contribution >= 4 is 11.9 Å². The lowest BCUT2D eigenvalue weighted by molar-refractivity contribution is -0.168. The predicted molar refractivity (Wildman–Crippen MR) is 86.8 cm³/mol. The molecule has 0 aromatic heterocycles. The Bertz CT molecular complexity index is 599. The van der Waals surface area contributed by atoms with Crippen LogP contribution in [0.5, 0.6) is 0 Å². The molecule has 5 heteroatoms. The first kappa shape index (κ1) is 17.0. The molecule has 2 bridgehead atoms. The number of esters is 2. The molecular weight excluding hydrogens is 308 g/mol. The van der Waals surface area contributed by atoms with Crippen molar-refractivity contribution in [1.29, 1.82) is 0 Å². The standard InChI is InChI=1S/C19H24O5/c1-11(17(20)12-6-4-3-5-7-12)24-19(22)16-14-9-8-13(10-14)15(16)18(21)23-2/h3-7,11,13-17,20H,8-10H2,1-2H3/t11?,13-,14+,15-,16+,17?/m1/s1. The highest BCUT2D eigenvalue weighted by Gasteiger charge is 2.55. The Labute approximate surface area is 142 Å². The first-order valence-corrected chi connectivity index (χ1v) is 8.54. The molecule has 0 heterocycles. The van der Waals surface area contributed by atoms with Crippen LogP contribution in [0.4, 0.5) is 0 Å². The molecule has 0 spiro atoms. The van der Waals surface area contributed by atoms with Crippen LogP contribution < -0.4 is 0 Å². The lowest BCUT2D eigenvalue weighted by Crippen LogP contribution is -2.38. The molecule has 1 aromatic carbocycles. The van der Waals surface area contributed by atoms with Gasteiger partial charge >= 0.3 is 11.9 Å². The van der Waals surface area contributed by atoms with E-state index in [2.05, 4.69) is 0 Å². The summed E-state index contributed by atoms with van der Waals surface area (Å²) in [6.45, 7) is 1.68. The molecule has 6 atom stereocenters. The fourth-order valence-electron chi connectivity index (χ4n) is 4.35. The quantitative estimate of drug-likeness (QED) is 0.839. The van der Waals surface area contributed by atoms with Crippen LogP contribution in [0.3, 0.4) is 0 Å². The molecule has 2 fully saturated rings. The van der Waals surface area contributed by atoms with Crippen molar-refractivity contribution in [3.05, 3.63) is 35.9 Å². The smallest absolute Gasteiger partial charge is 0.310 e. The number of carbonyl (C=O) groups is 2. The Morgan fingerprint density at radius 3 is 2.25 bits per heavy atom. The third-order valence-electron chi connectivity index (χ3n) is 5.55. The Balaban J connectivity index is 1.68. The molecule has 1 N–H and O–H groups in total. The van der Waals surface area contributed by atoms with E-state index < -0.39 is 24.0 Å². The van der Waals surface area contributed by atoms with Gasteiger partial charge in [0.25, 0.3) is 0 Å². The highest BCUT2D eigenvalue weighted by atomic mass is 16.6. The second-order valence-corrected chi connectivity index (χ2v) is 6.91. The molecule has 3 rings (SSSR count). The largest absolute Gasteiger partial charge is 0.469 e. The van der Waals surface area contributed by atoms with Gasteiger partial charge in [0.2, 0.25) is 0 Å². The van der Waals surface area contributed by atoms with Crippen LogP contribution in [0.1, 0.15) is 37.9 Å². The van der Waals surface area contributed by atoms with Gasteiger partial charge in [-0.3, -0.25) is 9.59 Å². The number of aliphatic hydroxyl groups excluding tert-OH is 1. The molecule has 1 aromatic rings. The summed E-state index contributed by atoms with van der Waals surface area (Å²) in [4.78, 5) is 24.8. The van der Waals surface area contributed by atoms with Crippen molar-refractivity contribution in [1.82, 2.24) is 0 Å². The van der Waals surface area contributed by atoms with E-state index in [0.717, 1.165) is 19.3 Å². The summed E-state index contributed by atoms with van der Waals surface area (Å²) >= 11 is 0. The molecule has 2 unspecified atom stereocenters. The lowest BCUT2D eigenvalue weighted by atomic mass is 9.79. The van der Waals surface area contributed by atoms with Gasteiger partial charge in [-0.05, 0) is 43.6 Å². The molecule has 2 saturated carbocycles. The van der Waals surface area contributed by atoms with E-state index in [9.17, 15) is 14.7 Å². The van der Waals surface area contributed by atoms with Gasteiger partial charge in [-0.2, -0.15) is 0 Å². The zero-order chi connectivity index (χ0) is 17.3. The van der Waals surface area contributed by atoms with Gasteiger partial charge in [0.15, 0.2) is 0 Å². The van der Waals surface area contributed by atoms with Gasteiger partial charge in [-0.1, -0.05) is 30.3 Å². The normalized spacial score (nSPS) is 30.6. The number of methoxy groups -OCH3 is 1. The fraction of sp³-hybridized carbons (Fsp3) is 0.579. The minimum Gasteiger partial charge on any atom is -0.469 e. The average Bonchev–Trinajstić information content (AvgIpc) is 3.22. The zero-order valence-corrected chi connectivity index (χ0v) is 14.1. The minimum atomic E-state index is -0.884. The van der Waals surface area contributed by atoms with E-state index >= 15 is 0 Å². The third-order valence-corrected chi connectivity index (χ3v) is 5.55. The van der Waals surface area contributed by atoms with E-state index in [1.807, 2.05) is 18.2 Å². The highest BCUT2D eigenvalue weighted by Crippen LogP contribution is 2.53. The van der Waals surface area contributed by atoms with Crippen LogP contribution in [0.25, 0.3) is 0 Å². The molecule has 0 amide bonds. The molecule has 130 valence electrons. The van der Waals surface area contributed by atoms with Gasteiger partial charge < -0.3 is 14.6 Å². The fourth-order valence-corrected chi connectivity index (χ4v) is 4.35. The van der Waals surface area contributed by atoms with Gasteiger partial charge in [-0.15, -0.1) is 0 Å². The van der Waals surface area contributed by atoms with Crippen molar-refractivity contribution in [2.45, 2.75) is 38.4 Å². The Kier molecular flexibility index (Phi) is 4.90. The summed E-state index contributed by atoms with van der Waals surface area (Å²) in [7, 11) is 1.36. The van der Waals surface area contributed by atoms with E-state index in [0.29, 0.717) is 5.56 Å². The molecule has 2 aliphatic rings. The van der Waals surface area contributed by atoms with Crippen molar-refractivity contribution < 1.29 is 24.2 Å². The van der Waals surface area contributed by atoms with E-state index in [1.165, 1.54) is 7.11 Å². The maximum absolute atomic E-state index is 12.7. The lowest BCUT2D eigenvalue weighted by Gasteiger charge is -2.29. The minimum absolute atomic E-state index is 0.188. The Hall–Kier alpha value is -1.88. The molecule has 0 radical (unpaired) electrons. The Morgan fingerprint density at radius 2 is 1.67 bits per heavy atom. The van der Waals surface area contributed by atoms with Gasteiger partial charge in [0.1, 0.15) is 12.2 Å². The van der Waals surface area contributed by atoms with Crippen LogP contribution in [-0.2, 0) is 19.1 Å². The number of hydrogen-bond acceptors (Lipinski definition) is 5. The zero-order valence-electron chi connectivity index (χ0n) is 14.1. The van der Waals surface area contributed by atoms with Crippen molar-refractivity contribution in [2.75, 3.05) is 7.11 Å². The first-order chi connectivity index (χ1) is 11.5. The summed E-state index contributed by atoms with van der Waals surface area (Å²) in [5, 5.41) is 10.4. The SMILES string of the molecule is COC(=O)[C@@H]1[C@@H]2CC[C@@H](C2)[C@@H]1C(=O)OC(C)C(O)c1ccccc1. The number of aliphatic hydroxyl groups is 1. The van der Waals surface area contributed by atoms with Gasteiger partial charge in [-0.25, -0.2) is 0 Å². The summed E-state index contributed by atoms with van der Waals surface area (Å²) in [6, 6.07) is 9.11. The summed E-state index contributed by atoms with van der Waals surface area (Å²) in [6.07, 6.45) is 1.25. The molecule has 0 aliphatic heterocycles. The number of rotatable bonds is 5. The monoisotopic (exact) mass is 332 g/mol. The van der Waals surface area contributed by atoms with Crippen LogP contribution in [0.15, 0.2) is 30.3 Å². The van der Waals surface area contributed by atoms with Crippen molar-refractivity contribution in [3.63, 3.8) is 0 Å². The summed E-state index contributed by atoms with van der Waals surface area (Å²) < 4.78 is 10.4. The van der Waals surface area contributed by atoms with E-state index in [4.69, 9.17) is 9.47 Å². The van der Waals surface area contributed by atoms with Gasteiger partial charge in [0.05, 0.1) is 18.9 Å². The molecule has 5 nitrogen and oxygen atoms in total. The predicted octanol–water partition coefficient (Wildman–Crippen LogP) is 2.49. The highest BCUT2D eigenvalue weighted by molar-refractivity contribution is 5.83. The molecular formula is C19H24O5. The summed E-state index contributed by atoms with van der Waals surface area (Å²) in [5.74, 6) is -1.15. The van der Waals surface area contributed by atoms with Crippen LogP contribution >= 0.6 is 0 Å². The number of carbonyl (C=O) groups excluding carboxylic acids is 2. The summed E-state index contributed by atoms with van der Waals surface area (Å²) in [5.41, 5.74) is 0.704. The van der Waals surface area contributed by atoms with Crippen molar-refractivity contribution in [2.24, 2.45) is 23.7 Å². The number of hydrogen-bond donors (Lipinski definition) is 1. The number of ether oxygens (including phenoxy) is 2. The van der Waals surface area contributed by atoms with E-state index in [-0.39, 0.29) is 23.8 Å². The van der Waals surface area contributed by atoms with Crippen LogP contribution in [0.2, 0.25) is 0 Å². The van der Waals surface area contributed by atoms with Crippen LogP contribution in [-0.4, -0.2) is 30.3 Å². The molecule has 24 heavy (non-hydrogen) atoms. The third kappa shape index (κ3) is 3.05. The van der Waals surface area contributed by atoms with Crippen LogP contribution in [0, 0.1) is 23.7 Å². The second-order valence-electron chi connectivity index (χ2n) is 6.91. The number of benzene rings is 1. The molecule has 0 saturated heterocycles. The number of fused-ring (bicyclic) bond motifs is 2. The first-order valence-electron chi connectivity index (χ1n) is 8.54. The second kappa shape index (κ2) is 6.93. The average molecular weight is 332 g/mol.